The molecule has 19 heavy (non-hydrogen) atoms. The lowest BCUT2D eigenvalue weighted by atomic mass is 9.94. The minimum Gasteiger partial charge on any atom is -0.481 e. The molecule has 0 aliphatic carbocycles. The van der Waals surface area contributed by atoms with Crippen LogP contribution in [0.25, 0.3) is 6.08 Å². The highest BCUT2D eigenvalue weighted by Crippen LogP contribution is 2.13. The molecule has 0 saturated carbocycles. The molecule has 0 aliphatic rings. The van der Waals surface area contributed by atoms with E-state index >= 15 is 0 Å². The highest BCUT2D eigenvalue weighted by molar-refractivity contribution is 5.92. The first-order valence-electron chi connectivity index (χ1n) is 6.07. The number of rotatable bonds is 5. The Morgan fingerprint density at radius 2 is 2.05 bits per heavy atom. The Kier molecular flexibility index (Phi) is 4.87. The van der Waals surface area contributed by atoms with Crippen molar-refractivity contribution in [2.45, 2.75) is 20.8 Å². The van der Waals surface area contributed by atoms with Gasteiger partial charge in [-0.3, -0.25) is 9.59 Å². The summed E-state index contributed by atoms with van der Waals surface area (Å²) >= 11 is 0. The van der Waals surface area contributed by atoms with Crippen molar-refractivity contribution in [3.05, 3.63) is 41.5 Å². The van der Waals surface area contributed by atoms with Crippen molar-refractivity contribution < 1.29 is 14.7 Å². The summed E-state index contributed by atoms with van der Waals surface area (Å²) in [7, 11) is 0. The molecule has 0 aliphatic heterocycles. The van der Waals surface area contributed by atoms with E-state index < -0.39 is 11.4 Å². The Bertz CT molecular complexity index is 504. The van der Waals surface area contributed by atoms with Crippen molar-refractivity contribution in [2.24, 2.45) is 5.41 Å². The van der Waals surface area contributed by atoms with E-state index in [9.17, 15) is 9.59 Å². The molecule has 0 fully saturated rings. The van der Waals surface area contributed by atoms with Crippen molar-refractivity contribution in [1.82, 2.24) is 5.32 Å². The van der Waals surface area contributed by atoms with Gasteiger partial charge in [0.15, 0.2) is 0 Å². The lowest BCUT2D eigenvalue weighted by molar-refractivity contribution is -0.146. The number of aliphatic carboxylic acids is 1. The van der Waals surface area contributed by atoms with E-state index in [1.54, 1.807) is 19.9 Å². The number of hydrogen-bond acceptors (Lipinski definition) is 2. The number of hydrogen-bond donors (Lipinski definition) is 2. The fourth-order valence-electron chi connectivity index (χ4n) is 1.39. The molecule has 1 amide bonds. The third-order valence-corrected chi connectivity index (χ3v) is 2.75. The summed E-state index contributed by atoms with van der Waals surface area (Å²) in [6.07, 6.45) is 3.11. The molecule has 102 valence electrons. The van der Waals surface area contributed by atoms with Crippen LogP contribution in [0.1, 0.15) is 25.0 Å². The summed E-state index contributed by atoms with van der Waals surface area (Å²) in [5.74, 6) is -1.23. The molecule has 1 rings (SSSR count). The first kappa shape index (κ1) is 15.0. The number of carboxylic acids is 1. The lowest BCUT2D eigenvalue weighted by Gasteiger charge is -2.18. The van der Waals surface area contributed by atoms with Crippen molar-refractivity contribution in [3.8, 4) is 0 Å². The van der Waals surface area contributed by atoms with Crippen LogP contribution in [0.5, 0.6) is 0 Å². The first-order chi connectivity index (χ1) is 8.81. The monoisotopic (exact) mass is 261 g/mol. The van der Waals surface area contributed by atoms with Crippen LogP contribution < -0.4 is 5.32 Å². The lowest BCUT2D eigenvalue weighted by Crippen LogP contribution is -2.38. The van der Waals surface area contributed by atoms with Gasteiger partial charge in [-0.25, -0.2) is 0 Å². The molecule has 0 spiro atoms. The third kappa shape index (κ3) is 4.95. The van der Waals surface area contributed by atoms with Gasteiger partial charge in [0.05, 0.1) is 5.41 Å². The number of benzene rings is 1. The Morgan fingerprint density at radius 1 is 1.37 bits per heavy atom. The Hall–Kier alpha value is -2.10. The van der Waals surface area contributed by atoms with Crippen molar-refractivity contribution in [3.63, 3.8) is 0 Å². The van der Waals surface area contributed by atoms with Crippen LogP contribution in [0, 0.1) is 12.3 Å². The Balaban J connectivity index is 2.54. The number of nitrogens with one attached hydrogen (secondary N) is 1. The van der Waals surface area contributed by atoms with E-state index in [-0.39, 0.29) is 12.5 Å². The van der Waals surface area contributed by atoms with E-state index in [0.29, 0.717) is 0 Å². The standard InChI is InChI=1S/C15H19NO3/c1-11-5-4-6-12(9-11)7-8-13(17)16-10-15(2,3)14(18)19/h4-9H,10H2,1-3H3,(H,16,17)(H,18,19)/b8-7+. The maximum absolute atomic E-state index is 11.6. The fourth-order valence-corrected chi connectivity index (χ4v) is 1.39. The van der Waals surface area contributed by atoms with Crippen LogP contribution in [-0.4, -0.2) is 23.5 Å². The molecular weight excluding hydrogens is 242 g/mol. The second-order valence-electron chi connectivity index (χ2n) is 5.15. The second-order valence-corrected chi connectivity index (χ2v) is 5.15. The molecule has 0 bridgehead atoms. The smallest absolute Gasteiger partial charge is 0.310 e. The summed E-state index contributed by atoms with van der Waals surface area (Å²) in [6.45, 7) is 5.21. The average molecular weight is 261 g/mol. The summed E-state index contributed by atoms with van der Waals surface area (Å²) in [5, 5.41) is 11.5. The molecule has 1 aromatic carbocycles. The van der Waals surface area contributed by atoms with Gasteiger partial charge in [-0.15, -0.1) is 0 Å². The minimum atomic E-state index is -0.965. The van der Waals surface area contributed by atoms with Gasteiger partial charge in [0.1, 0.15) is 0 Å². The quantitative estimate of drug-likeness (QED) is 0.799. The van der Waals surface area contributed by atoms with Crippen molar-refractivity contribution in [2.75, 3.05) is 6.54 Å². The van der Waals surface area contributed by atoms with Gasteiger partial charge in [-0.05, 0) is 32.4 Å². The van der Waals surface area contributed by atoms with Crippen LogP contribution in [0.4, 0.5) is 0 Å². The topological polar surface area (TPSA) is 66.4 Å². The Morgan fingerprint density at radius 3 is 2.63 bits per heavy atom. The van der Waals surface area contributed by atoms with E-state index in [2.05, 4.69) is 5.32 Å². The van der Waals surface area contributed by atoms with Crippen LogP contribution in [0.2, 0.25) is 0 Å². The second kappa shape index (κ2) is 6.18. The van der Waals surface area contributed by atoms with Crippen LogP contribution >= 0.6 is 0 Å². The molecule has 0 saturated heterocycles. The van der Waals surface area contributed by atoms with Crippen molar-refractivity contribution in [1.29, 1.82) is 0 Å². The van der Waals surface area contributed by atoms with E-state index in [1.807, 2.05) is 31.2 Å². The molecule has 0 unspecified atom stereocenters. The predicted molar refractivity (Wildman–Crippen MR) is 74.6 cm³/mol. The number of aryl methyl sites for hydroxylation is 1. The number of carboxylic acid groups (broad SMARTS) is 1. The molecule has 0 aromatic heterocycles. The molecule has 0 radical (unpaired) electrons. The van der Waals surface area contributed by atoms with Gasteiger partial charge in [0, 0.05) is 12.6 Å². The molecular formula is C15H19NO3. The third-order valence-electron chi connectivity index (χ3n) is 2.75. The molecule has 0 heterocycles. The minimum absolute atomic E-state index is 0.0966. The summed E-state index contributed by atoms with van der Waals surface area (Å²) in [4.78, 5) is 22.5. The Labute approximate surface area is 113 Å². The molecule has 2 N–H and O–H groups in total. The van der Waals surface area contributed by atoms with Crippen LogP contribution in [0.15, 0.2) is 30.3 Å². The zero-order valence-corrected chi connectivity index (χ0v) is 11.4. The SMILES string of the molecule is Cc1cccc(/C=C/C(=O)NCC(C)(C)C(=O)O)c1. The summed E-state index contributed by atoms with van der Waals surface area (Å²) in [5.41, 5.74) is 1.09. The zero-order chi connectivity index (χ0) is 14.5. The number of amides is 1. The van der Waals surface area contributed by atoms with Crippen molar-refractivity contribution >= 4 is 18.0 Å². The first-order valence-corrected chi connectivity index (χ1v) is 6.07. The molecule has 1 aromatic rings. The van der Waals surface area contributed by atoms with Gasteiger partial charge in [0.25, 0.3) is 0 Å². The van der Waals surface area contributed by atoms with E-state index in [0.717, 1.165) is 11.1 Å². The maximum atomic E-state index is 11.6. The van der Waals surface area contributed by atoms with Gasteiger partial charge in [0.2, 0.25) is 5.91 Å². The summed E-state index contributed by atoms with van der Waals surface area (Å²) in [6, 6.07) is 7.76. The fraction of sp³-hybridized carbons (Fsp3) is 0.333. The average Bonchev–Trinajstić information content (AvgIpc) is 2.34. The van der Waals surface area contributed by atoms with Gasteiger partial charge >= 0.3 is 5.97 Å². The van der Waals surface area contributed by atoms with Gasteiger partial charge < -0.3 is 10.4 Å². The number of carbonyl (C=O) groups excluding carboxylic acids is 1. The largest absolute Gasteiger partial charge is 0.481 e. The summed E-state index contributed by atoms with van der Waals surface area (Å²) < 4.78 is 0. The molecule has 0 atom stereocenters. The molecule has 4 heteroatoms. The van der Waals surface area contributed by atoms with Crippen LogP contribution in [0.3, 0.4) is 0 Å². The van der Waals surface area contributed by atoms with E-state index in [1.165, 1.54) is 6.08 Å². The highest BCUT2D eigenvalue weighted by atomic mass is 16.4. The van der Waals surface area contributed by atoms with Gasteiger partial charge in [-0.2, -0.15) is 0 Å². The molecule has 4 nitrogen and oxygen atoms in total. The zero-order valence-electron chi connectivity index (χ0n) is 11.4. The van der Waals surface area contributed by atoms with E-state index in [4.69, 9.17) is 5.11 Å². The highest BCUT2D eigenvalue weighted by Gasteiger charge is 2.27. The predicted octanol–water partition coefficient (Wildman–Crippen LogP) is 2.24. The van der Waals surface area contributed by atoms with Crippen LogP contribution in [-0.2, 0) is 9.59 Å². The maximum Gasteiger partial charge on any atom is 0.310 e. The normalized spacial score (nSPS) is 11.5. The number of carbonyl (C=O) groups is 2. The van der Waals surface area contributed by atoms with Gasteiger partial charge in [-0.1, -0.05) is 29.8 Å².